The summed E-state index contributed by atoms with van der Waals surface area (Å²) in [6.07, 6.45) is 25.4. The number of hydrogen-bond acceptors (Lipinski definition) is 0. The summed E-state index contributed by atoms with van der Waals surface area (Å²) in [6.45, 7) is 9.58. The van der Waals surface area contributed by atoms with E-state index in [0.717, 1.165) is 23.7 Å². The maximum absolute atomic E-state index is 2.40. The van der Waals surface area contributed by atoms with Gasteiger partial charge in [0, 0.05) is 0 Å². The molecule has 2 aliphatic rings. The Morgan fingerprint density at radius 2 is 0.560 bits per heavy atom. The van der Waals surface area contributed by atoms with Gasteiger partial charge in [0.25, 0.3) is 0 Å². The fourth-order valence-electron chi connectivity index (χ4n) is 4.84. The molecular formula is C25H50. The van der Waals surface area contributed by atoms with Crippen molar-refractivity contribution in [1.29, 1.82) is 0 Å². The average Bonchev–Trinajstić information content (AvgIpc) is 2.74. The highest BCUT2D eigenvalue weighted by Crippen LogP contribution is 2.27. The molecule has 25 heavy (non-hydrogen) atoms. The molecule has 2 fully saturated rings. The standard InChI is InChI=1S/C13H26.C12H24/c1-12(2)13-10-8-6-4-3-5-7-9-11-13;1-11(2)12-9-7-5-3-4-6-8-10-12/h12-13H,3-11H2,1-2H3;11-12H,3-10H2,1-2H3. The molecule has 0 aliphatic heterocycles. The number of hydrogen-bond donors (Lipinski definition) is 0. The van der Waals surface area contributed by atoms with E-state index in [0.29, 0.717) is 0 Å². The Balaban J connectivity index is 0.000000251. The van der Waals surface area contributed by atoms with Crippen molar-refractivity contribution < 1.29 is 0 Å². The lowest BCUT2D eigenvalue weighted by atomic mass is 9.85. The Kier molecular flexibility index (Phi) is 13.9. The minimum Gasteiger partial charge on any atom is -0.0625 e. The molecule has 0 spiro atoms. The molecule has 0 aromatic heterocycles. The van der Waals surface area contributed by atoms with Crippen molar-refractivity contribution >= 4 is 0 Å². The monoisotopic (exact) mass is 350 g/mol. The van der Waals surface area contributed by atoms with Crippen LogP contribution in [0.3, 0.4) is 0 Å². The molecule has 0 amide bonds. The molecule has 0 atom stereocenters. The first-order valence-corrected chi connectivity index (χ1v) is 12.1. The second-order valence-electron chi connectivity index (χ2n) is 9.76. The van der Waals surface area contributed by atoms with E-state index in [4.69, 9.17) is 0 Å². The summed E-state index contributed by atoms with van der Waals surface area (Å²) < 4.78 is 0. The zero-order chi connectivity index (χ0) is 18.3. The first-order chi connectivity index (χ1) is 12.1. The van der Waals surface area contributed by atoms with Crippen LogP contribution in [0.4, 0.5) is 0 Å². The normalized spacial score (nSPS) is 23.3. The maximum atomic E-state index is 2.40. The summed E-state index contributed by atoms with van der Waals surface area (Å²) in [5, 5.41) is 0. The molecule has 2 rings (SSSR count). The minimum atomic E-state index is 0.916. The Morgan fingerprint density at radius 3 is 0.760 bits per heavy atom. The smallest absolute Gasteiger partial charge is 0.0391 e. The lowest BCUT2D eigenvalue weighted by molar-refractivity contribution is 0.306. The fraction of sp³-hybridized carbons (Fsp3) is 1.00. The van der Waals surface area contributed by atoms with Crippen molar-refractivity contribution in [2.75, 3.05) is 0 Å². The van der Waals surface area contributed by atoms with Crippen molar-refractivity contribution in [1.82, 2.24) is 0 Å². The van der Waals surface area contributed by atoms with Crippen LogP contribution in [0.25, 0.3) is 0 Å². The SMILES string of the molecule is CC(C)C1CCCCCCCC1.CC(C)C1CCCCCCCCC1. The zero-order valence-electron chi connectivity index (χ0n) is 18.3. The molecule has 0 unspecified atom stereocenters. The molecule has 0 saturated heterocycles. The molecule has 0 nitrogen and oxygen atoms in total. The van der Waals surface area contributed by atoms with Gasteiger partial charge in [-0.2, -0.15) is 0 Å². The van der Waals surface area contributed by atoms with Gasteiger partial charge in [-0.3, -0.25) is 0 Å². The summed E-state index contributed by atoms with van der Waals surface area (Å²) in [6, 6.07) is 0. The first-order valence-electron chi connectivity index (χ1n) is 12.1. The van der Waals surface area contributed by atoms with Crippen LogP contribution in [0.2, 0.25) is 0 Å². The Labute approximate surface area is 160 Å². The van der Waals surface area contributed by atoms with Gasteiger partial charge in [0.1, 0.15) is 0 Å². The van der Waals surface area contributed by atoms with Crippen LogP contribution in [-0.4, -0.2) is 0 Å². The summed E-state index contributed by atoms with van der Waals surface area (Å²) >= 11 is 0. The Hall–Kier alpha value is 0. The van der Waals surface area contributed by atoms with Crippen molar-refractivity contribution in [2.45, 2.75) is 137 Å². The molecule has 0 heterocycles. The highest BCUT2D eigenvalue weighted by Gasteiger charge is 2.14. The van der Waals surface area contributed by atoms with E-state index < -0.39 is 0 Å². The van der Waals surface area contributed by atoms with Crippen molar-refractivity contribution in [2.24, 2.45) is 23.7 Å². The lowest BCUT2D eigenvalue weighted by Crippen LogP contribution is -2.09. The summed E-state index contributed by atoms with van der Waals surface area (Å²) in [5.74, 6) is 3.89. The van der Waals surface area contributed by atoms with Gasteiger partial charge < -0.3 is 0 Å². The van der Waals surface area contributed by atoms with Crippen LogP contribution in [0.5, 0.6) is 0 Å². The molecular weight excluding hydrogens is 300 g/mol. The van der Waals surface area contributed by atoms with Crippen molar-refractivity contribution in [3.8, 4) is 0 Å². The minimum absolute atomic E-state index is 0.916. The van der Waals surface area contributed by atoms with Gasteiger partial charge in [-0.25, -0.2) is 0 Å². The third kappa shape index (κ3) is 12.1. The van der Waals surface area contributed by atoms with E-state index in [-0.39, 0.29) is 0 Å². The van der Waals surface area contributed by atoms with Crippen molar-refractivity contribution in [3.05, 3.63) is 0 Å². The highest BCUT2D eigenvalue weighted by molar-refractivity contribution is 4.66. The largest absolute Gasteiger partial charge is 0.0625 e. The van der Waals surface area contributed by atoms with E-state index >= 15 is 0 Å². The van der Waals surface area contributed by atoms with Crippen LogP contribution >= 0.6 is 0 Å². The van der Waals surface area contributed by atoms with Crippen LogP contribution in [0.15, 0.2) is 0 Å². The van der Waals surface area contributed by atoms with Gasteiger partial charge in [-0.05, 0) is 23.7 Å². The van der Waals surface area contributed by atoms with Gasteiger partial charge in [0.05, 0.1) is 0 Å². The van der Waals surface area contributed by atoms with Gasteiger partial charge in [0.2, 0.25) is 0 Å². The van der Waals surface area contributed by atoms with Crippen LogP contribution < -0.4 is 0 Å². The van der Waals surface area contributed by atoms with Gasteiger partial charge in [0.15, 0.2) is 0 Å². The van der Waals surface area contributed by atoms with Crippen LogP contribution in [-0.2, 0) is 0 Å². The highest BCUT2D eigenvalue weighted by atomic mass is 14.2. The second-order valence-corrected chi connectivity index (χ2v) is 9.76. The predicted molar refractivity (Wildman–Crippen MR) is 115 cm³/mol. The first kappa shape index (κ1) is 23.0. The molecule has 0 heteroatoms. The van der Waals surface area contributed by atoms with Gasteiger partial charge >= 0.3 is 0 Å². The molecule has 2 saturated carbocycles. The summed E-state index contributed by atoms with van der Waals surface area (Å²) in [7, 11) is 0. The molecule has 0 bridgehead atoms. The number of rotatable bonds is 2. The van der Waals surface area contributed by atoms with Gasteiger partial charge in [-0.15, -0.1) is 0 Å². The summed E-state index contributed by atoms with van der Waals surface area (Å²) in [4.78, 5) is 0. The zero-order valence-corrected chi connectivity index (χ0v) is 18.3. The third-order valence-electron chi connectivity index (χ3n) is 6.94. The molecule has 0 aromatic rings. The molecule has 0 N–H and O–H groups in total. The molecule has 150 valence electrons. The lowest BCUT2D eigenvalue weighted by Gasteiger charge is -2.21. The average molecular weight is 351 g/mol. The van der Waals surface area contributed by atoms with E-state index in [1.54, 1.807) is 0 Å². The van der Waals surface area contributed by atoms with E-state index in [2.05, 4.69) is 27.7 Å². The Morgan fingerprint density at radius 1 is 0.360 bits per heavy atom. The van der Waals surface area contributed by atoms with Gasteiger partial charge in [-0.1, -0.05) is 137 Å². The third-order valence-corrected chi connectivity index (χ3v) is 6.94. The quantitative estimate of drug-likeness (QED) is 0.465. The Bertz CT molecular complexity index is 258. The van der Waals surface area contributed by atoms with Crippen molar-refractivity contribution in [3.63, 3.8) is 0 Å². The van der Waals surface area contributed by atoms with E-state index in [9.17, 15) is 0 Å². The van der Waals surface area contributed by atoms with E-state index in [1.165, 1.54) is 109 Å². The molecule has 0 radical (unpaired) electrons. The van der Waals surface area contributed by atoms with Crippen LogP contribution in [0, 0.1) is 23.7 Å². The summed E-state index contributed by atoms with van der Waals surface area (Å²) in [5.41, 5.74) is 0. The maximum Gasteiger partial charge on any atom is -0.0391 e. The molecule has 2 aliphatic carbocycles. The van der Waals surface area contributed by atoms with Crippen LogP contribution in [0.1, 0.15) is 137 Å². The fourth-order valence-corrected chi connectivity index (χ4v) is 4.84. The second kappa shape index (κ2) is 15.1. The predicted octanol–water partition coefficient (Wildman–Crippen LogP) is 9.18. The topological polar surface area (TPSA) is 0 Å². The van der Waals surface area contributed by atoms with E-state index in [1.807, 2.05) is 0 Å². The molecule has 0 aromatic carbocycles.